The summed E-state index contributed by atoms with van der Waals surface area (Å²) in [5.41, 5.74) is 0.204. The number of rotatable bonds is 6. The zero-order valence-corrected chi connectivity index (χ0v) is 10.7. The molecule has 10 heteroatoms. The first kappa shape index (κ1) is 15.3. The minimum atomic E-state index is -4.23. The van der Waals surface area contributed by atoms with Crippen molar-refractivity contribution in [3.05, 3.63) is 10.3 Å². The normalized spacial score (nSPS) is 14.2. The molecule has 0 bridgehead atoms. The molecule has 5 nitrogen and oxygen atoms in total. The van der Waals surface area contributed by atoms with Crippen LogP contribution in [-0.4, -0.2) is 45.7 Å². The first-order valence-electron chi connectivity index (χ1n) is 4.72. The van der Waals surface area contributed by atoms with Gasteiger partial charge in [-0.2, -0.15) is 8.78 Å². The van der Waals surface area contributed by atoms with Crippen molar-refractivity contribution in [1.82, 2.24) is 15.0 Å². The molecule has 1 unspecified atom stereocenters. The fourth-order valence-corrected chi connectivity index (χ4v) is 1.73. The predicted molar refractivity (Wildman–Crippen MR) is 55.4 cm³/mol. The lowest BCUT2D eigenvalue weighted by Gasteiger charge is -2.17. The molecular formula is C8H10BrF4N3O2. The molecule has 18 heavy (non-hydrogen) atoms. The van der Waals surface area contributed by atoms with Crippen LogP contribution in [-0.2, 0) is 11.8 Å². The molecule has 0 saturated heterocycles. The highest BCUT2D eigenvalue weighted by atomic mass is 79.9. The Morgan fingerprint density at radius 3 is 2.56 bits per heavy atom. The number of aliphatic hydroxyl groups is 1. The molecule has 104 valence electrons. The van der Waals surface area contributed by atoms with E-state index in [-0.39, 0.29) is 10.3 Å². The first-order valence-corrected chi connectivity index (χ1v) is 5.52. The monoisotopic (exact) mass is 335 g/mol. The third-order valence-electron chi connectivity index (χ3n) is 2.03. The number of alkyl halides is 4. The third-order valence-corrected chi connectivity index (χ3v) is 2.60. The van der Waals surface area contributed by atoms with E-state index >= 15 is 0 Å². The number of aliphatic hydroxyl groups excluding tert-OH is 1. The van der Waals surface area contributed by atoms with E-state index in [0.717, 1.165) is 0 Å². The van der Waals surface area contributed by atoms with Crippen LogP contribution in [0, 0.1) is 0 Å². The molecule has 0 saturated carbocycles. The highest BCUT2D eigenvalue weighted by Crippen LogP contribution is 2.24. The minimum Gasteiger partial charge on any atom is -0.384 e. The number of hydrogen-bond acceptors (Lipinski definition) is 4. The van der Waals surface area contributed by atoms with Gasteiger partial charge in [0.2, 0.25) is 0 Å². The molecule has 1 aromatic rings. The van der Waals surface area contributed by atoms with Crippen molar-refractivity contribution in [2.45, 2.75) is 18.5 Å². The maximum Gasteiger partial charge on any atom is 0.330 e. The third kappa shape index (κ3) is 3.62. The molecule has 0 spiro atoms. The van der Waals surface area contributed by atoms with Crippen molar-refractivity contribution >= 4 is 15.9 Å². The number of aryl methyl sites for hydroxylation is 1. The zero-order chi connectivity index (χ0) is 13.9. The summed E-state index contributed by atoms with van der Waals surface area (Å²) in [7, 11) is 1.48. The lowest BCUT2D eigenvalue weighted by atomic mass is 10.3. The molecule has 0 aromatic carbocycles. The molecule has 0 fully saturated rings. The van der Waals surface area contributed by atoms with Crippen LogP contribution in [0.15, 0.2) is 4.60 Å². The van der Waals surface area contributed by atoms with E-state index in [9.17, 15) is 22.7 Å². The first-order chi connectivity index (χ1) is 8.25. The predicted octanol–water partition coefficient (Wildman–Crippen LogP) is 1.53. The van der Waals surface area contributed by atoms with Gasteiger partial charge >= 0.3 is 12.3 Å². The lowest BCUT2D eigenvalue weighted by Crippen LogP contribution is -2.33. The molecule has 1 rings (SSSR count). The van der Waals surface area contributed by atoms with E-state index in [0.29, 0.717) is 0 Å². The van der Waals surface area contributed by atoms with Gasteiger partial charge in [0.1, 0.15) is 18.4 Å². The summed E-state index contributed by atoms with van der Waals surface area (Å²) in [6.45, 7) is -2.03. The van der Waals surface area contributed by atoms with Gasteiger partial charge in [0.25, 0.3) is 0 Å². The number of ether oxygens (including phenoxy) is 1. The Morgan fingerprint density at radius 1 is 1.50 bits per heavy atom. The molecule has 0 amide bonds. The highest BCUT2D eigenvalue weighted by Gasteiger charge is 2.41. The van der Waals surface area contributed by atoms with Crippen molar-refractivity contribution in [1.29, 1.82) is 0 Å². The van der Waals surface area contributed by atoms with Crippen LogP contribution in [0.5, 0.6) is 0 Å². The van der Waals surface area contributed by atoms with E-state index < -0.39 is 31.7 Å². The van der Waals surface area contributed by atoms with Crippen LogP contribution in [0.2, 0.25) is 0 Å². The van der Waals surface area contributed by atoms with Gasteiger partial charge in [-0.25, -0.2) is 13.5 Å². The molecule has 1 N–H and O–H groups in total. The average molecular weight is 336 g/mol. The maximum absolute atomic E-state index is 12.5. The number of nitrogens with zero attached hydrogens (tertiary/aromatic N) is 3. The van der Waals surface area contributed by atoms with Crippen molar-refractivity contribution in [2.75, 3.05) is 13.2 Å². The van der Waals surface area contributed by atoms with Crippen molar-refractivity contribution < 1.29 is 27.4 Å². The summed E-state index contributed by atoms with van der Waals surface area (Å²) in [5, 5.41) is 16.7. The Bertz CT molecular complexity index is 382. The van der Waals surface area contributed by atoms with Gasteiger partial charge in [0.15, 0.2) is 4.60 Å². The average Bonchev–Trinajstić information content (AvgIpc) is 2.58. The van der Waals surface area contributed by atoms with Crippen LogP contribution in [0.4, 0.5) is 17.6 Å². The van der Waals surface area contributed by atoms with Crippen LogP contribution < -0.4 is 0 Å². The van der Waals surface area contributed by atoms with Gasteiger partial charge in [-0.1, -0.05) is 5.21 Å². The van der Waals surface area contributed by atoms with E-state index in [1.165, 1.54) is 11.7 Å². The maximum atomic E-state index is 12.5. The fraction of sp³-hybridized carbons (Fsp3) is 0.750. The summed E-state index contributed by atoms with van der Waals surface area (Å²) in [6.07, 6.45) is -5.10. The van der Waals surface area contributed by atoms with Gasteiger partial charge in [0, 0.05) is 7.05 Å². The topological polar surface area (TPSA) is 60.2 Å². The zero-order valence-electron chi connectivity index (χ0n) is 9.16. The Kier molecular flexibility index (Phi) is 5.05. The number of halogens is 5. The standard InChI is InChI=1S/C8H10BrF4N3O2/c1-16-5(6(9)14-15-16)4(17)2-18-3-8(12,13)7(10)11/h4,7,17H,2-3H2,1H3. The Morgan fingerprint density at radius 2 is 2.11 bits per heavy atom. The second kappa shape index (κ2) is 5.93. The Balaban J connectivity index is 2.50. The van der Waals surface area contributed by atoms with E-state index in [4.69, 9.17) is 0 Å². The molecule has 0 aliphatic rings. The minimum absolute atomic E-state index is 0.204. The van der Waals surface area contributed by atoms with Crippen LogP contribution >= 0.6 is 15.9 Å². The lowest BCUT2D eigenvalue weighted by molar-refractivity contribution is -0.171. The molecule has 0 radical (unpaired) electrons. The van der Waals surface area contributed by atoms with Gasteiger partial charge in [-0.15, -0.1) is 5.10 Å². The second-order valence-electron chi connectivity index (χ2n) is 3.48. The second-order valence-corrected chi connectivity index (χ2v) is 4.23. The number of aromatic nitrogens is 3. The van der Waals surface area contributed by atoms with Gasteiger partial charge < -0.3 is 9.84 Å². The van der Waals surface area contributed by atoms with E-state index in [1.807, 2.05) is 0 Å². The molecule has 1 atom stereocenters. The van der Waals surface area contributed by atoms with E-state index in [2.05, 4.69) is 31.0 Å². The highest BCUT2D eigenvalue weighted by molar-refractivity contribution is 9.10. The van der Waals surface area contributed by atoms with Crippen molar-refractivity contribution in [3.63, 3.8) is 0 Å². The SMILES string of the molecule is Cn1nnc(Br)c1C(O)COCC(F)(F)C(F)F. The molecular weight excluding hydrogens is 326 g/mol. The molecule has 1 aromatic heterocycles. The fourth-order valence-electron chi connectivity index (χ4n) is 1.14. The summed E-state index contributed by atoms with van der Waals surface area (Å²) >= 11 is 2.99. The van der Waals surface area contributed by atoms with Crippen LogP contribution in [0.1, 0.15) is 11.8 Å². The smallest absolute Gasteiger partial charge is 0.330 e. The van der Waals surface area contributed by atoms with Crippen LogP contribution in [0.25, 0.3) is 0 Å². The molecule has 1 heterocycles. The summed E-state index contributed by atoms with van der Waals surface area (Å²) in [4.78, 5) is 0. The molecule has 0 aliphatic heterocycles. The number of hydrogen-bond donors (Lipinski definition) is 1. The molecule has 0 aliphatic carbocycles. The van der Waals surface area contributed by atoms with Gasteiger partial charge in [-0.3, -0.25) is 0 Å². The Labute approximate surface area is 108 Å². The quantitative estimate of drug-likeness (QED) is 0.801. The summed E-state index contributed by atoms with van der Waals surface area (Å²) in [5.74, 6) is -4.23. The van der Waals surface area contributed by atoms with Gasteiger partial charge in [-0.05, 0) is 15.9 Å². The van der Waals surface area contributed by atoms with Crippen molar-refractivity contribution in [3.8, 4) is 0 Å². The van der Waals surface area contributed by atoms with Crippen molar-refractivity contribution in [2.24, 2.45) is 7.05 Å². The summed E-state index contributed by atoms with van der Waals surface area (Å²) in [6, 6.07) is 0. The summed E-state index contributed by atoms with van der Waals surface area (Å²) < 4.78 is 54.5. The largest absolute Gasteiger partial charge is 0.384 e. The van der Waals surface area contributed by atoms with Gasteiger partial charge in [0.05, 0.1) is 6.61 Å². The van der Waals surface area contributed by atoms with E-state index in [1.54, 1.807) is 0 Å². The van der Waals surface area contributed by atoms with Crippen LogP contribution in [0.3, 0.4) is 0 Å². The Hall–Kier alpha value is -0.740.